The fourth-order valence-electron chi connectivity index (χ4n) is 3.77. The first kappa shape index (κ1) is 25.7. The Balaban J connectivity index is 1.76. The summed E-state index contributed by atoms with van der Waals surface area (Å²) in [5.74, 6) is 1.80. The van der Waals surface area contributed by atoms with Crippen LogP contribution in [0.1, 0.15) is 17.1 Å². The number of aromatic nitrogens is 4. The Hall–Kier alpha value is -3.43. The second kappa shape index (κ2) is 10.7. The van der Waals surface area contributed by atoms with Crippen LogP contribution in [0, 0.1) is 11.3 Å². The molecule has 36 heavy (non-hydrogen) atoms. The van der Waals surface area contributed by atoms with E-state index in [0.29, 0.717) is 41.0 Å². The summed E-state index contributed by atoms with van der Waals surface area (Å²) in [6.45, 7) is 0.431. The van der Waals surface area contributed by atoms with Gasteiger partial charge in [-0.3, -0.25) is 4.79 Å². The van der Waals surface area contributed by atoms with Crippen LogP contribution in [0.3, 0.4) is 0 Å². The van der Waals surface area contributed by atoms with Crippen LogP contribution >= 0.6 is 10.0 Å². The van der Waals surface area contributed by atoms with Crippen molar-refractivity contribution in [3.8, 4) is 11.8 Å². The van der Waals surface area contributed by atoms with E-state index in [-0.39, 0.29) is 30.2 Å². The number of H-pyrrole nitrogens is 1. The van der Waals surface area contributed by atoms with Crippen LogP contribution in [0.4, 0.5) is 0 Å². The van der Waals surface area contributed by atoms with Crippen LogP contribution in [-0.2, 0) is 17.9 Å². The molecule has 0 saturated carbocycles. The lowest BCUT2D eigenvalue weighted by Crippen LogP contribution is -2.16. The first-order chi connectivity index (χ1) is 17.2. The van der Waals surface area contributed by atoms with Crippen LogP contribution in [0.2, 0.25) is 0 Å². The van der Waals surface area contributed by atoms with Gasteiger partial charge in [0.1, 0.15) is 31.0 Å². The van der Waals surface area contributed by atoms with E-state index in [1.165, 1.54) is 0 Å². The van der Waals surface area contributed by atoms with Gasteiger partial charge in [0.15, 0.2) is 6.29 Å². The van der Waals surface area contributed by atoms with Gasteiger partial charge in [-0.1, -0.05) is 18.2 Å². The average Bonchev–Trinajstić information content (AvgIpc) is 3.16. The fraction of sp³-hybridized carbons (Fsp3) is 0.360. The lowest BCUT2D eigenvalue weighted by Gasteiger charge is -2.24. The Labute approximate surface area is 209 Å². The van der Waals surface area contributed by atoms with E-state index >= 15 is 0 Å². The maximum Gasteiger partial charge on any atom is 0.272 e. The van der Waals surface area contributed by atoms with Crippen molar-refractivity contribution in [2.75, 3.05) is 37.7 Å². The van der Waals surface area contributed by atoms with Crippen molar-refractivity contribution in [2.45, 2.75) is 19.4 Å². The molecule has 11 heteroatoms. The van der Waals surface area contributed by atoms with Gasteiger partial charge in [-0.25, -0.2) is 20.1 Å². The quantitative estimate of drug-likeness (QED) is 0.217. The predicted molar refractivity (Wildman–Crippen MR) is 140 cm³/mol. The minimum Gasteiger partial charge on any atom is -0.487 e. The van der Waals surface area contributed by atoms with E-state index < -0.39 is 16.3 Å². The number of nitriles is 1. The van der Waals surface area contributed by atoms with Crippen molar-refractivity contribution in [2.24, 2.45) is 0 Å². The van der Waals surface area contributed by atoms with E-state index in [0.717, 1.165) is 11.1 Å². The summed E-state index contributed by atoms with van der Waals surface area (Å²) in [4.78, 5) is 17.0. The molecule has 2 heterocycles. The van der Waals surface area contributed by atoms with Gasteiger partial charge in [0, 0.05) is 17.2 Å². The van der Waals surface area contributed by atoms with Crippen LogP contribution < -0.4 is 10.3 Å². The van der Waals surface area contributed by atoms with Gasteiger partial charge in [-0.15, -0.1) is 0 Å². The molecule has 0 unspecified atom stereocenters. The van der Waals surface area contributed by atoms with Crippen molar-refractivity contribution in [1.82, 2.24) is 19.7 Å². The zero-order valence-corrected chi connectivity index (χ0v) is 21.2. The SMILES string of the molecule is CS(C)(C)CCOCn1c(Cc2n[nH]c(=O)c3ccccc23)nc2cc(OCC(O)O)c(C#N)cc21. The highest BCUT2D eigenvalue weighted by molar-refractivity contribution is 8.32. The van der Waals surface area contributed by atoms with Crippen molar-refractivity contribution < 1.29 is 19.7 Å². The zero-order valence-electron chi connectivity index (χ0n) is 20.4. The molecule has 0 fully saturated rings. The predicted octanol–water partition coefficient (Wildman–Crippen LogP) is 2.09. The normalized spacial score (nSPS) is 12.4. The summed E-state index contributed by atoms with van der Waals surface area (Å²) in [5, 5.41) is 36.1. The molecule has 0 amide bonds. The van der Waals surface area contributed by atoms with Crippen molar-refractivity contribution in [1.29, 1.82) is 5.26 Å². The molecule has 4 aromatic rings. The number of nitrogens with zero attached hydrogens (tertiary/aromatic N) is 4. The van der Waals surface area contributed by atoms with Gasteiger partial charge in [-0.05, 0) is 30.9 Å². The number of ether oxygens (including phenoxy) is 2. The van der Waals surface area contributed by atoms with E-state index in [1.54, 1.807) is 24.3 Å². The summed E-state index contributed by atoms with van der Waals surface area (Å²) in [5.41, 5.74) is 1.87. The lowest BCUT2D eigenvalue weighted by molar-refractivity contribution is -0.0680. The Bertz CT molecular complexity index is 1480. The van der Waals surface area contributed by atoms with Gasteiger partial charge in [-0.2, -0.15) is 10.4 Å². The van der Waals surface area contributed by atoms with Gasteiger partial charge >= 0.3 is 0 Å². The third-order valence-corrected chi connectivity index (χ3v) is 6.99. The first-order valence-electron chi connectivity index (χ1n) is 11.3. The molecule has 0 saturated heterocycles. The highest BCUT2D eigenvalue weighted by atomic mass is 32.3. The second-order valence-corrected chi connectivity index (χ2v) is 13.8. The van der Waals surface area contributed by atoms with Crippen LogP contribution in [-0.4, -0.2) is 74.0 Å². The topological polar surface area (TPSA) is 146 Å². The Morgan fingerprint density at radius 1 is 1.19 bits per heavy atom. The molecule has 4 rings (SSSR count). The molecule has 3 N–H and O–H groups in total. The lowest BCUT2D eigenvalue weighted by atomic mass is 10.1. The van der Waals surface area contributed by atoms with E-state index in [9.17, 15) is 10.1 Å². The number of fused-ring (bicyclic) bond motifs is 2. The van der Waals surface area contributed by atoms with Gasteiger partial charge in [0.25, 0.3) is 5.56 Å². The maximum atomic E-state index is 12.2. The Kier molecular flexibility index (Phi) is 7.61. The van der Waals surface area contributed by atoms with Crippen LogP contribution in [0.25, 0.3) is 21.8 Å². The largest absolute Gasteiger partial charge is 0.487 e. The standard InChI is InChI=1S/C25H29N5O5S/c1-36(2,3)9-8-34-15-30-21-10-16(13-26)22(35-14-24(31)32)11-20(21)27-23(30)12-19-17-6-4-5-7-18(17)25(33)29-28-19/h4-7,10-11,24,31-32H,8-9,12,14-15H2,1-3H3,(H,29,33). The minimum atomic E-state index is -1.67. The molecule has 0 atom stereocenters. The number of aliphatic hydroxyl groups excluding tert-OH is 1. The van der Waals surface area contributed by atoms with Crippen LogP contribution in [0.5, 0.6) is 5.75 Å². The van der Waals surface area contributed by atoms with Crippen molar-refractivity contribution in [3.63, 3.8) is 0 Å². The van der Waals surface area contributed by atoms with E-state index in [4.69, 9.17) is 24.7 Å². The Morgan fingerprint density at radius 2 is 1.94 bits per heavy atom. The summed E-state index contributed by atoms with van der Waals surface area (Å²) < 4.78 is 13.3. The summed E-state index contributed by atoms with van der Waals surface area (Å²) in [6, 6.07) is 12.6. The molecule has 0 aliphatic heterocycles. The summed E-state index contributed by atoms with van der Waals surface area (Å²) >= 11 is 0. The summed E-state index contributed by atoms with van der Waals surface area (Å²) in [7, 11) is -0.718. The average molecular weight is 512 g/mol. The molecule has 0 spiro atoms. The highest BCUT2D eigenvalue weighted by Gasteiger charge is 2.18. The molecule has 10 nitrogen and oxygen atoms in total. The molecule has 0 aliphatic rings. The molecule has 0 bridgehead atoms. The van der Waals surface area contributed by atoms with Crippen LogP contribution in [0.15, 0.2) is 41.2 Å². The molecular formula is C25H29N5O5S. The number of aliphatic hydroxyl groups is 2. The number of benzene rings is 2. The van der Waals surface area contributed by atoms with Crippen molar-refractivity contribution >= 4 is 31.8 Å². The van der Waals surface area contributed by atoms with Gasteiger partial charge in [0.2, 0.25) is 0 Å². The fourth-order valence-corrected chi connectivity index (χ4v) is 4.39. The molecule has 190 valence electrons. The number of imidazole rings is 1. The smallest absolute Gasteiger partial charge is 0.272 e. The minimum absolute atomic E-state index is 0.208. The number of nitrogens with one attached hydrogen (secondary N) is 1. The maximum absolute atomic E-state index is 12.2. The second-order valence-electron chi connectivity index (χ2n) is 9.25. The molecular weight excluding hydrogens is 482 g/mol. The monoisotopic (exact) mass is 511 g/mol. The van der Waals surface area contributed by atoms with E-state index in [1.807, 2.05) is 16.7 Å². The number of hydrogen-bond acceptors (Lipinski definition) is 8. The third kappa shape index (κ3) is 5.85. The molecule has 0 radical (unpaired) electrons. The third-order valence-electron chi connectivity index (χ3n) is 5.60. The summed E-state index contributed by atoms with van der Waals surface area (Å²) in [6.07, 6.45) is 5.33. The van der Waals surface area contributed by atoms with Gasteiger partial charge in [0.05, 0.1) is 40.7 Å². The molecule has 0 aliphatic carbocycles. The zero-order chi connectivity index (χ0) is 25.9. The molecule has 2 aromatic heterocycles. The number of hydrogen-bond donors (Lipinski definition) is 3. The Morgan fingerprint density at radius 3 is 2.64 bits per heavy atom. The number of aromatic amines is 1. The highest BCUT2D eigenvalue weighted by Crippen LogP contribution is 2.34. The van der Waals surface area contributed by atoms with Crippen molar-refractivity contribution in [3.05, 3.63) is 63.8 Å². The molecule has 2 aromatic carbocycles. The first-order valence-corrected chi connectivity index (χ1v) is 14.3. The van der Waals surface area contributed by atoms with Gasteiger partial charge < -0.3 is 24.3 Å². The van der Waals surface area contributed by atoms with E-state index in [2.05, 4.69) is 35.0 Å². The number of rotatable bonds is 10.